The Morgan fingerprint density at radius 2 is 1.84 bits per heavy atom. The molecule has 1 saturated heterocycles. The van der Waals surface area contributed by atoms with Crippen molar-refractivity contribution >= 4 is 17.5 Å². The summed E-state index contributed by atoms with van der Waals surface area (Å²) in [7, 11) is 0. The van der Waals surface area contributed by atoms with Gasteiger partial charge in [-0.3, -0.25) is 14.5 Å². The minimum absolute atomic E-state index is 0.0128. The van der Waals surface area contributed by atoms with Crippen LogP contribution in [0.25, 0.3) is 0 Å². The number of rotatable bonds is 10. The van der Waals surface area contributed by atoms with E-state index in [1.807, 2.05) is 50.2 Å². The highest BCUT2D eigenvalue weighted by atomic mass is 16.5. The first kappa shape index (κ1) is 23.8. The Morgan fingerprint density at radius 1 is 1.03 bits per heavy atom. The summed E-state index contributed by atoms with van der Waals surface area (Å²) >= 11 is 0. The van der Waals surface area contributed by atoms with Gasteiger partial charge in [0.2, 0.25) is 11.8 Å². The van der Waals surface area contributed by atoms with Gasteiger partial charge < -0.3 is 20.1 Å². The van der Waals surface area contributed by atoms with E-state index in [4.69, 9.17) is 9.47 Å². The lowest BCUT2D eigenvalue weighted by Crippen LogP contribution is -2.38. The number of benzene rings is 2. The molecule has 1 aliphatic rings. The maximum Gasteiger partial charge on any atom is 0.225 e. The summed E-state index contributed by atoms with van der Waals surface area (Å²) in [6, 6.07) is 13.5. The fourth-order valence-electron chi connectivity index (χ4n) is 3.57. The Balaban J connectivity index is 1.37. The quantitative estimate of drug-likeness (QED) is 0.595. The average Bonchev–Trinajstić information content (AvgIpc) is 2.79. The van der Waals surface area contributed by atoms with Crippen LogP contribution >= 0.6 is 0 Å². The first-order valence-corrected chi connectivity index (χ1v) is 11.2. The molecule has 172 valence electrons. The third-order valence-electron chi connectivity index (χ3n) is 5.38. The third-order valence-corrected chi connectivity index (χ3v) is 5.38. The maximum absolute atomic E-state index is 12.3. The standard InChI is InChI=1S/C25H33N3O4/c1-19-6-7-23(20(2)16-19)32-13-9-24(29)26-18-21-4-3-5-22(17-21)27-25(30)8-10-28-11-14-31-15-12-28/h3-7,16-17H,8-15,18H2,1-2H3,(H,26,29)(H,27,30). The number of anilines is 1. The van der Waals surface area contributed by atoms with E-state index in [1.54, 1.807) is 0 Å². The van der Waals surface area contributed by atoms with Crippen LogP contribution in [-0.4, -0.2) is 56.2 Å². The molecule has 1 aliphatic heterocycles. The second-order valence-corrected chi connectivity index (χ2v) is 8.10. The topological polar surface area (TPSA) is 79.9 Å². The summed E-state index contributed by atoms with van der Waals surface area (Å²) < 4.78 is 11.1. The van der Waals surface area contributed by atoms with Crippen molar-refractivity contribution in [3.63, 3.8) is 0 Å². The minimum Gasteiger partial charge on any atom is -0.493 e. The van der Waals surface area contributed by atoms with Crippen LogP contribution in [0.3, 0.4) is 0 Å². The average molecular weight is 440 g/mol. The van der Waals surface area contributed by atoms with Gasteiger partial charge in [-0.05, 0) is 43.2 Å². The van der Waals surface area contributed by atoms with E-state index in [9.17, 15) is 9.59 Å². The minimum atomic E-state index is -0.0743. The smallest absolute Gasteiger partial charge is 0.225 e. The Bertz CT molecular complexity index is 910. The molecule has 32 heavy (non-hydrogen) atoms. The zero-order chi connectivity index (χ0) is 22.8. The zero-order valence-electron chi connectivity index (χ0n) is 19.0. The molecule has 1 heterocycles. The van der Waals surface area contributed by atoms with E-state index in [-0.39, 0.29) is 18.2 Å². The molecule has 0 unspecified atom stereocenters. The molecule has 0 bridgehead atoms. The Kier molecular flexibility index (Phi) is 9.07. The highest BCUT2D eigenvalue weighted by molar-refractivity contribution is 5.90. The summed E-state index contributed by atoms with van der Waals surface area (Å²) in [4.78, 5) is 26.7. The van der Waals surface area contributed by atoms with Crippen LogP contribution in [0.4, 0.5) is 5.69 Å². The van der Waals surface area contributed by atoms with E-state index in [0.717, 1.165) is 55.4 Å². The molecule has 1 fully saturated rings. The van der Waals surface area contributed by atoms with E-state index in [1.165, 1.54) is 5.56 Å². The highest BCUT2D eigenvalue weighted by Gasteiger charge is 2.12. The fourth-order valence-corrected chi connectivity index (χ4v) is 3.57. The molecule has 0 aromatic heterocycles. The van der Waals surface area contributed by atoms with Crippen LogP contribution < -0.4 is 15.4 Å². The molecule has 7 heteroatoms. The summed E-state index contributed by atoms with van der Waals surface area (Å²) in [6.45, 7) is 8.70. The molecule has 2 aromatic carbocycles. The summed E-state index contributed by atoms with van der Waals surface area (Å²) in [6.07, 6.45) is 0.729. The van der Waals surface area contributed by atoms with Gasteiger partial charge in [-0.1, -0.05) is 29.8 Å². The van der Waals surface area contributed by atoms with Crippen molar-refractivity contribution in [3.8, 4) is 5.75 Å². The van der Waals surface area contributed by atoms with Gasteiger partial charge in [0.25, 0.3) is 0 Å². The van der Waals surface area contributed by atoms with E-state index in [2.05, 4.69) is 21.6 Å². The molecule has 0 radical (unpaired) electrons. The number of morpholine rings is 1. The molecule has 2 N–H and O–H groups in total. The predicted octanol–water partition coefficient (Wildman–Crippen LogP) is 3.05. The number of ether oxygens (including phenoxy) is 2. The third kappa shape index (κ3) is 7.98. The van der Waals surface area contributed by atoms with Gasteiger partial charge in [-0.15, -0.1) is 0 Å². The van der Waals surface area contributed by atoms with Crippen LogP contribution in [-0.2, 0) is 20.9 Å². The first-order valence-electron chi connectivity index (χ1n) is 11.2. The van der Waals surface area contributed by atoms with E-state index in [0.29, 0.717) is 19.6 Å². The highest BCUT2D eigenvalue weighted by Crippen LogP contribution is 2.18. The zero-order valence-corrected chi connectivity index (χ0v) is 19.0. The largest absolute Gasteiger partial charge is 0.493 e. The molecule has 2 aromatic rings. The molecule has 0 aliphatic carbocycles. The number of nitrogens with one attached hydrogen (secondary N) is 2. The summed E-state index contributed by atoms with van der Waals surface area (Å²) in [5.74, 6) is 0.719. The number of amides is 2. The molecule has 3 rings (SSSR count). The number of nitrogens with zero attached hydrogens (tertiary/aromatic N) is 1. The van der Waals surface area contributed by atoms with Crippen LogP contribution in [0.2, 0.25) is 0 Å². The van der Waals surface area contributed by atoms with E-state index < -0.39 is 0 Å². The van der Waals surface area contributed by atoms with Crippen molar-refractivity contribution in [1.82, 2.24) is 10.2 Å². The number of aryl methyl sites for hydroxylation is 2. The molecule has 2 amide bonds. The molecule has 0 atom stereocenters. The second-order valence-electron chi connectivity index (χ2n) is 8.10. The Hall–Kier alpha value is -2.90. The van der Waals surface area contributed by atoms with Gasteiger partial charge in [0.1, 0.15) is 5.75 Å². The molecule has 0 spiro atoms. The van der Waals surface area contributed by atoms with Gasteiger partial charge in [0.15, 0.2) is 0 Å². The molecular formula is C25H33N3O4. The molecule has 7 nitrogen and oxygen atoms in total. The number of hydrogen-bond donors (Lipinski definition) is 2. The predicted molar refractivity (Wildman–Crippen MR) is 125 cm³/mol. The summed E-state index contributed by atoms with van der Waals surface area (Å²) in [5.41, 5.74) is 3.92. The number of carbonyl (C=O) groups excluding carboxylic acids is 2. The lowest BCUT2D eigenvalue weighted by Gasteiger charge is -2.26. The van der Waals surface area contributed by atoms with Crippen molar-refractivity contribution in [1.29, 1.82) is 0 Å². The van der Waals surface area contributed by atoms with Gasteiger partial charge >= 0.3 is 0 Å². The van der Waals surface area contributed by atoms with Crippen LogP contribution in [0.1, 0.15) is 29.5 Å². The molecular weight excluding hydrogens is 406 g/mol. The molecule has 0 saturated carbocycles. The van der Waals surface area contributed by atoms with Gasteiger partial charge in [-0.2, -0.15) is 0 Å². The van der Waals surface area contributed by atoms with Crippen LogP contribution in [0.15, 0.2) is 42.5 Å². The van der Waals surface area contributed by atoms with Crippen molar-refractivity contribution in [2.45, 2.75) is 33.2 Å². The SMILES string of the molecule is Cc1ccc(OCCC(=O)NCc2cccc(NC(=O)CCN3CCOCC3)c2)c(C)c1. The van der Waals surface area contributed by atoms with Gasteiger partial charge in [0, 0.05) is 38.3 Å². The van der Waals surface area contributed by atoms with Gasteiger partial charge in [0.05, 0.1) is 26.2 Å². The summed E-state index contributed by atoms with van der Waals surface area (Å²) in [5, 5.41) is 5.85. The normalized spacial score (nSPS) is 14.1. The van der Waals surface area contributed by atoms with Crippen molar-refractivity contribution in [2.24, 2.45) is 0 Å². The monoisotopic (exact) mass is 439 g/mol. The lowest BCUT2D eigenvalue weighted by molar-refractivity contribution is -0.121. The van der Waals surface area contributed by atoms with Crippen LogP contribution in [0.5, 0.6) is 5.75 Å². The number of carbonyl (C=O) groups is 2. The van der Waals surface area contributed by atoms with Crippen molar-refractivity contribution < 1.29 is 19.1 Å². The Morgan fingerprint density at radius 3 is 2.62 bits per heavy atom. The van der Waals surface area contributed by atoms with Gasteiger partial charge in [-0.25, -0.2) is 0 Å². The lowest BCUT2D eigenvalue weighted by atomic mass is 10.1. The van der Waals surface area contributed by atoms with E-state index >= 15 is 0 Å². The maximum atomic E-state index is 12.3. The first-order chi connectivity index (χ1) is 15.5. The fraction of sp³-hybridized carbons (Fsp3) is 0.440. The van der Waals surface area contributed by atoms with Crippen molar-refractivity contribution in [2.75, 3.05) is 44.8 Å². The van der Waals surface area contributed by atoms with Crippen LogP contribution in [0, 0.1) is 13.8 Å². The Labute approximate surface area is 190 Å². The van der Waals surface area contributed by atoms with Crippen molar-refractivity contribution in [3.05, 3.63) is 59.2 Å². The number of hydrogen-bond acceptors (Lipinski definition) is 5. The second kappa shape index (κ2) is 12.2.